The van der Waals surface area contributed by atoms with Crippen molar-refractivity contribution in [3.8, 4) is 0 Å². The molecule has 0 saturated carbocycles. The number of hydrogen-bond acceptors (Lipinski definition) is 6. The molecule has 2 aliphatic rings. The van der Waals surface area contributed by atoms with Gasteiger partial charge >= 0.3 is 6.55 Å². The molecule has 2 atom stereocenters. The molecular formula is C19H21F2N5O4S. The van der Waals surface area contributed by atoms with Crippen molar-refractivity contribution >= 4 is 15.9 Å². The predicted octanol–water partition coefficient (Wildman–Crippen LogP) is 1.68. The predicted molar refractivity (Wildman–Crippen MR) is 104 cm³/mol. The second kappa shape index (κ2) is 7.68. The van der Waals surface area contributed by atoms with Crippen molar-refractivity contribution in [2.24, 2.45) is 11.3 Å². The Labute approximate surface area is 177 Å². The molecule has 0 spiro atoms. The third-order valence-corrected chi connectivity index (χ3v) is 7.24. The number of carbonyl (C=O) groups excluding carboxylic acids is 1. The van der Waals surface area contributed by atoms with Crippen LogP contribution in [0.5, 0.6) is 0 Å². The van der Waals surface area contributed by atoms with Gasteiger partial charge in [0.1, 0.15) is 4.90 Å². The SMILES string of the molecule is CC1([C@@H](CO)C(=O)N2Cc3cn(S(=O)(=O)c4cnn(C(F)F)c4)nc3C2)C=CC=CC1. The van der Waals surface area contributed by atoms with Gasteiger partial charge in [-0.15, -0.1) is 0 Å². The monoisotopic (exact) mass is 453 g/mol. The van der Waals surface area contributed by atoms with E-state index in [2.05, 4.69) is 10.2 Å². The lowest BCUT2D eigenvalue weighted by Gasteiger charge is -2.35. The van der Waals surface area contributed by atoms with Crippen LogP contribution in [-0.2, 0) is 27.9 Å². The normalized spacial score (nSPS) is 21.6. The van der Waals surface area contributed by atoms with E-state index in [-0.39, 0.29) is 30.3 Å². The molecule has 1 aliphatic heterocycles. The highest BCUT2D eigenvalue weighted by Gasteiger charge is 2.41. The quantitative estimate of drug-likeness (QED) is 0.713. The maximum Gasteiger partial charge on any atom is 0.333 e. The summed E-state index contributed by atoms with van der Waals surface area (Å²) < 4.78 is 51.7. The van der Waals surface area contributed by atoms with Crippen LogP contribution < -0.4 is 0 Å². The molecule has 166 valence electrons. The summed E-state index contributed by atoms with van der Waals surface area (Å²) >= 11 is 0. The molecule has 1 unspecified atom stereocenters. The van der Waals surface area contributed by atoms with Gasteiger partial charge in [-0.1, -0.05) is 31.2 Å². The highest BCUT2D eigenvalue weighted by molar-refractivity contribution is 7.89. The number of rotatable bonds is 6. The van der Waals surface area contributed by atoms with Crippen LogP contribution in [0.3, 0.4) is 0 Å². The van der Waals surface area contributed by atoms with Gasteiger partial charge in [-0.25, -0.2) is 4.68 Å². The van der Waals surface area contributed by atoms with Gasteiger partial charge in [0, 0.05) is 23.7 Å². The number of nitrogens with zero attached hydrogens (tertiary/aromatic N) is 5. The van der Waals surface area contributed by atoms with Crippen LogP contribution in [0.4, 0.5) is 8.78 Å². The Balaban J connectivity index is 1.52. The zero-order valence-electron chi connectivity index (χ0n) is 16.6. The fourth-order valence-corrected chi connectivity index (χ4v) is 4.98. The summed E-state index contributed by atoms with van der Waals surface area (Å²) in [5.74, 6) is -0.885. The molecular weight excluding hydrogens is 432 g/mol. The van der Waals surface area contributed by atoms with Crippen molar-refractivity contribution in [3.63, 3.8) is 0 Å². The Kier molecular flexibility index (Phi) is 5.30. The van der Waals surface area contributed by atoms with E-state index < -0.39 is 32.8 Å². The molecule has 0 aromatic carbocycles. The maximum absolute atomic E-state index is 13.1. The molecule has 1 N–H and O–H groups in total. The zero-order chi connectivity index (χ0) is 22.4. The summed E-state index contributed by atoms with van der Waals surface area (Å²) in [7, 11) is -4.19. The molecule has 12 heteroatoms. The largest absolute Gasteiger partial charge is 0.396 e. The zero-order valence-corrected chi connectivity index (χ0v) is 17.4. The molecule has 9 nitrogen and oxygen atoms in total. The van der Waals surface area contributed by atoms with Crippen molar-refractivity contribution in [1.82, 2.24) is 23.9 Å². The molecule has 31 heavy (non-hydrogen) atoms. The summed E-state index contributed by atoms with van der Waals surface area (Å²) in [4.78, 5) is 14.2. The highest BCUT2D eigenvalue weighted by atomic mass is 32.2. The maximum atomic E-state index is 13.1. The molecule has 0 fully saturated rings. The van der Waals surface area contributed by atoms with Crippen LogP contribution in [0.15, 0.2) is 47.8 Å². The first-order valence-corrected chi connectivity index (χ1v) is 11.0. The number of hydrogen-bond donors (Lipinski definition) is 1. The molecule has 0 saturated heterocycles. The first kappa shape index (κ1) is 21.4. The number of fused-ring (bicyclic) bond motifs is 1. The average Bonchev–Trinajstić information content (AvgIpc) is 3.43. The summed E-state index contributed by atoms with van der Waals surface area (Å²) in [6.07, 6.45) is 11.1. The lowest BCUT2D eigenvalue weighted by molar-refractivity contribution is -0.141. The molecule has 4 rings (SSSR count). The Hall–Kier alpha value is -2.86. The molecule has 3 heterocycles. The van der Waals surface area contributed by atoms with Crippen molar-refractivity contribution in [2.75, 3.05) is 6.61 Å². The number of aliphatic hydroxyl groups is 1. The van der Waals surface area contributed by atoms with E-state index >= 15 is 0 Å². The lowest BCUT2D eigenvalue weighted by Crippen LogP contribution is -2.42. The van der Waals surface area contributed by atoms with Crippen LogP contribution in [0.25, 0.3) is 0 Å². The number of alkyl halides is 2. The molecule has 1 aliphatic carbocycles. The third kappa shape index (κ3) is 3.69. The molecule has 1 amide bonds. The van der Waals surface area contributed by atoms with E-state index in [9.17, 15) is 27.1 Å². The van der Waals surface area contributed by atoms with E-state index in [0.29, 0.717) is 21.8 Å². The van der Waals surface area contributed by atoms with Gasteiger partial charge in [-0.3, -0.25) is 4.79 Å². The lowest BCUT2D eigenvalue weighted by atomic mass is 9.72. The number of amides is 1. The fourth-order valence-electron chi connectivity index (χ4n) is 3.87. The number of aliphatic hydroxyl groups excluding tert-OH is 1. The minimum Gasteiger partial charge on any atom is -0.396 e. The summed E-state index contributed by atoms with van der Waals surface area (Å²) in [5, 5.41) is 17.3. The van der Waals surface area contributed by atoms with Gasteiger partial charge in [0.15, 0.2) is 0 Å². The second-order valence-corrected chi connectivity index (χ2v) is 9.63. The molecule has 0 bridgehead atoms. The standard InChI is InChI=1S/C19H21F2N5O4S/c1-19(5-3-2-4-6-19)15(12-27)17(28)24-8-13-9-26(23-16(13)11-24)31(29,30)14-7-22-25(10-14)18(20)21/h2-5,7,9-10,15,18,27H,6,8,11-12H2,1H3/t15-,19?/m0/s1. The van der Waals surface area contributed by atoms with E-state index in [4.69, 9.17) is 0 Å². The van der Waals surface area contributed by atoms with E-state index in [0.717, 1.165) is 12.4 Å². The number of allylic oxidation sites excluding steroid dienone is 4. The Morgan fingerprint density at radius 3 is 2.65 bits per heavy atom. The van der Waals surface area contributed by atoms with Crippen molar-refractivity contribution in [3.05, 3.63) is 54.2 Å². The van der Waals surface area contributed by atoms with Crippen LogP contribution in [0.1, 0.15) is 31.2 Å². The second-order valence-electron chi connectivity index (χ2n) is 7.84. The van der Waals surface area contributed by atoms with Crippen molar-refractivity contribution < 1.29 is 27.1 Å². The van der Waals surface area contributed by atoms with Gasteiger partial charge < -0.3 is 10.0 Å². The molecule has 2 aromatic rings. The summed E-state index contributed by atoms with van der Waals surface area (Å²) in [5.41, 5.74) is 0.424. The Morgan fingerprint density at radius 2 is 2.06 bits per heavy atom. The van der Waals surface area contributed by atoms with Crippen LogP contribution in [0.2, 0.25) is 0 Å². The van der Waals surface area contributed by atoms with Gasteiger partial charge in [-0.05, 0) is 6.42 Å². The average molecular weight is 453 g/mol. The molecule has 0 radical (unpaired) electrons. The topological polar surface area (TPSA) is 110 Å². The van der Waals surface area contributed by atoms with Gasteiger partial charge in [-0.2, -0.15) is 31.5 Å². The van der Waals surface area contributed by atoms with Gasteiger partial charge in [0.05, 0.1) is 37.2 Å². The summed E-state index contributed by atoms with van der Waals surface area (Å²) in [6.45, 7) is -1.12. The number of carbonyl (C=O) groups is 1. The van der Waals surface area contributed by atoms with Crippen molar-refractivity contribution in [1.29, 1.82) is 0 Å². The first-order chi connectivity index (χ1) is 14.7. The van der Waals surface area contributed by atoms with E-state index in [1.165, 1.54) is 11.1 Å². The van der Waals surface area contributed by atoms with Gasteiger partial charge in [0.25, 0.3) is 10.0 Å². The Bertz CT molecular complexity index is 1150. The van der Waals surface area contributed by atoms with E-state index in [1.54, 1.807) is 0 Å². The molecule has 2 aromatic heterocycles. The Morgan fingerprint density at radius 1 is 1.29 bits per heavy atom. The summed E-state index contributed by atoms with van der Waals surface area (Å²) in [6, 6.07) is 0. The van der Waals surface area contributed by atoms with E-state index in [1.807, 2.05) is 31.2 Å². The smallest absolute Gasteiger partial charge is 0.333 e. The highest BCUT2D eigenvalue weighted by Crippen LogP contribution is 2.38. The number of aromatic nitrogens is 4. The first-order valence-electron chi connectivity index (χ1n) is 9.55. The third-order valence-electron chi connectivity index (χ3n) is 5.75. The fraction of sp³-hybridized carbons (Fsp3) is 0.421. The van der Waals surface area contributed by atoms with Crippen LogP contribution in [0, 0.1) is 11.3 Å². The van der Waals surface area contributed by atoms with Crippen LogP contribution in [-0.4, -0.2) is 49.9 Å². The minimum absolute atomic E-state index is 0.0963. The van der Waals surface area contributed by atoms with Crippen molar-refractivity contribution in [2.45, 2.75) is 37.9 Å². The van der Waals surface area contributed by atoms with Gasteiger partial charge in [0.2, 0.25) is 5.91 Å². The minimum atomic E-state index is -4.19. The van der Waals surface area contributed by atoms with Crippen LogP contribution >= 0.6 is 0 Å². The number of halogens is 2.